The molecule has 188 valence electrons. The molecule has 2 saturated heterocycles. The molecule has 0 N–H and O–H groups in total. The van der Waals surface area contributed by atoms with Gasteiger partial charge in [-0.15, -0.1) is 0 Å². The van der Waals surface area contributed by atoms with Crippen LogP contribution in [-0.4, -0.2) is 103 Å². The molecule has 36 heavy (non-hydrogen) atoms. The quantitative estimate of drug-likeness (QED) is 0.582. The number of imide groups is 1. The lowest BCUT2D eigenvalue weighted by molar-refractivity contribution is -0.534. The summed E-state index contributed by atoms with van der Waals surface area (Å²) < 4.78 is 7.53. The van der Waals surface area contributed by atoms with Crippen LogP contribution in [0.1, 0.15) is 12.0 Å². The lowest BCUT2D eigenvalue weighted by Gasteiger charge is -2.34. The van der Waals surface area contributed by atoms with Gasteiger partial charge in [0.15, 0.2) is 0 Å². The Bertz CT molecular complexity index is 1180. The molecule has 9 nitrogen and oxygen atoms in total. The summed E-state index contributed by atoms with van der Waals surface area (Å²) in [5, 5.41) is 0. The molecule has 2 fully saturated rings. The Labute approximate surface area is 211 Å². The highest BCUT2D eigenvalue weighted by Crippen LogP contribution is 2.25. The number of carbonyl (C=O) groups is 2. The second-order valence-corrected chi connectivity index (χ2v) is 9.37. The zero-order chi connectivity index (χ0) is 25.2. The largest absolute Gasteiger partial charge is 0.497 e. The molecule has 1 unspecified atom stereocenters. The minimum atomic E-state index is -0.567. The first-order valence-corrected chi connectivity index (χ1v) is 12.4. The summed E-state index contributed by atoms with van der Waals surface area (Å²) in [4.78, 5) is 37.9. The SMILES string of the molecule is COc1ccc(N2CC[N+](=C3N=C4C(C(=O)N(C)C(=O)N4C)N3CCCc3ccccc3)CC2)cc1. The van der Waals surface area contributed by atoms with Crippen molar-refractivity contribution in [3.63, 3.8) is 0 Å². The maximum atomic E-state index is 13.2. The monoisotopic (exact) mass is 489 g/mol. The number of nitrogens with zero attached hydrogens (tertiary/aromatic N) is 6. The number of benzene rings is 2. The summed E-state index contributed by atoms with van der Waals surface area (Å²) in [7, 11) is 4.92. The van der Waals surface area contributed by atoms with Crippen molar-refractivity contribution < 1.29 is 18.9 Å². The number of likely N-dealkylation sites (N-methyl/N-ethyl adjacent to an activating group) is 2. The molecular weight excluding hydrogens is 456 g/mol. The normalized spacial score (nSPS) is 20.2. The fourth-order valence-corrected chi connectivity index (χ4v) is 5.12. The van der Waals surface area contributed by atoms with Gasteiger partial charge in [0.1, 0.15) is 5.75 Å². The number of hydrogen-bond donors (Lipinski definition) is 0. The first-order valence-electron chi connectivity index (χ1n) is 12.4. The molecule has 5 rings (SSSR count). The number of anilines is 1. The van der Waals surface area contributed by atoms with Gasteiger partial charge in [0.05, 0.1) is 26.7 Å². The Morgan fingerprint density at radius 2 is 1.67 bits per heavy atom. The number of ether oxygens (including phenoxy) is 1. The van der Waals surface area contributed by atoms with Crippen LogP contribution in [0.4, 0.5) is 10.5 Å². The van der Waals surface area contributed by atoms with Crippen LogP contribution in [0.5, 0.6) is 5.75 Å². The van der Waals surface area contributed by atoms with Crippen LogP contribution in [0.15, 0.2) is 59.6 Å². The summed E-state index contributed by atoms with van der Waals surface area (Å²) in [6, 6.07) is 17.6. The van der Waals surface area contributed by atoms with Gasteiger partial charge in [-0.3, -0.25) is 19.2 Å². The Kier molecular flexibility index (Phi) is 6.63. The predicted octanol–water partition coefficient (Wildman–Crippen LogP) is 2.12. The molecule has 3 aliphatic rings. The minimum Gasteiger partial charge on any atom is -0.497 e. The third-order valence-corrected chi connectivity index (χ3v) is 7.22. The fraction of sp³-hybridized carbons (Fsp3) is 0.407. The molecule has 0 aromatic heterocycles. The van der Waals surface area contributed by atoms with E-state index < -0.39 is 6.04 Å². The third-order valence-electron chi connectivity index (χ3n) is 7.22. The molecule has 3 amide bonds. The Morgan fingerprint density at radius 1 is 0.972 bits per heavy atom. The van der Waals surface area contributed by atoms with Gasteiger partial charge < -0.3 is 9.64 Å². The van der Waals surface area contributed by atoms with E-state index in [2.05, 4.69) is 38.6 Å². The van der Waals surface area contributed by atoms with E-state index in [4.69, 9.17) is 9.73 Å². The van der Waals surface area contributed by atoms with Crippen LogP contribution >= 0.6 is 0 Å². The standard InChI is InChI=1S/C27H33N6O3/c1-29-24-23(25(34)30(2)27(29)35)33(15-7-10-20-8-5-4-6-9-20)26(28-24)32-18-16-31(17-19-32)21-11-13-22(36-3)14-12-21/h4-6,8-9,11-14,23H,7,10,15-19H2,1-3H3/q+1. The van der Waals surface area contributed by atoms with Crippen LogP contribution in [0.3, 0.4) is 0 Å². The van der Waals surface area contributed by atoms with Gasteiger partial charge in [-0.25, -0.2) is 9.69 Å². The van der Waals surface area contributed by atoms with Gasteiger partial charge >= 0.3 is 12.0 Å². The van der Waals surface area contributed by atoms with Crippen LogP contribution in [0.25, 0.3) is 0 Å². The number of hydrogen-bond acceptors (Lipinski definition) is 4. The first kappa shape index (κ1) is 23.8. The third kappa shape index (κ3) is 4.41. The molecule has 3 heterocycles. The number of aliphatic imine (C=N–C) groups is 1. The smallest absolute Gasteiger partial charge is 0.392 e. The molecule has 0 spiro atoms. The molecule has 3 aliphatic heterocycles. The number of carbonyl (C=O) groups excluding carboxylic acids is 2. The van der Waals surface area contributed by atoms with Gasteiger partial charge in [0.2, 0.25) is 11.9 Å². The summed E-state index contributed by atoms with van der Waals surface area (Å²) in [6.07, 6.45) is 1.80. The van der Waals surface area contributed by atoms with E-state index in [0.29, 0.717) is 12.4 Å². The van der Waals surface area contributed by atoms with Crippen molar-refractivity contribution in [1.29, 1.82) is 0 Å². The van der Waals surface area contributed by atoms with Crippen molar-refractivity contribution >= 4 is 29.4 Å². The second kappa shape index (κ2) is 10.0. The molecule has 0 saturated carbocycles. The number of methoxy groups -OCH3 is 1. The summed E-state index contributed by atoms with van der Waals surface area (Å²) in [5.41, 5.74) is 2.43. The van der Waals surface area contributed by atoms with Crippen molar-refractivity contribution in [2.75, 3.05) is 58.8 Å². The fourth-order valence-electron chi connectivity index (χ4n) is 5.12. The summed E-state index contributed by atoms with van der Waals surface area (Å²) in [5.74, 6) is 1.94. The average Bonchev–Trinajstić information content (AvgIpc) is 3.31. The molecule has 2 aromatic carbocycles. The summed E-state index contributed by atoms with van der Waals surface area (Å²) >= 11 is 0. The van der Waals surface area contributed by atoms with Crippen molar-refractivity contribution in [3.05, 3.63) is 60.2 Å². The Balaban J connectivity index is 1.37. The van der Waals surface area contributed by atoms with E-state index >= 15 is 0 Å². The number of urea groups is 1. The molecular formula is C27H33N6O3+. The number of aryl methyl sites for hydroxylation is 1. The number of amides is 3. The molecule has 2 aromatic rings. The highest BCUT2D eigenvalue weighted by Gasteiger charge is 2.55. The maximum Gasteiger partial charge on any atom is 0.392 e. The van der Waals surface area contributed by atoms with Crippen molar-refractivity contribution in [3.8, 4) is 5.75 Å². The minimum absolute atomic E-state index is 0.219. The average molecular weight is 490 g/mol. The zero-order valence-electron chi connectivity index (χ0n) is 21.1. The van der Waals surface area contributed by atoms with E-state index in [-0.39, 0.29) is 11.9 Å². The van der Waals surface area contributed by atoms with Gasteiger partial charge in [-0.05, 0) is 42.7 Å². The van der Waals surface area contributed by atoms with E-state index in [9.17, 15) is 9.59 Å². The molecule has 1 atom stereocenters. The number of rotatable bonds is 6. The highest BCUT2D eigenvalue weighted by molar-refractivity contribution is 6.25. The molecule has 0 bridgehead atoms. The van der Waals surface area contributed by atoms with Crippen molar-refractivity contribution in [2.45, 2.75) is 18.9 Å². The Morgan fingerprint density at radius 3 is 2.33 bits per heavy atom. The van der Waals surface area contributed by atoms with Gasteiger partial charge in [-0.1, -0.05) is 35.3 Å². The first-order chi connectivity index (χ1) is 17.5. The van der Waals surface area contributed by atoms with Gasteiger partial charge in [0.25, 0.3) is 5.91 Å². The van der Waals surface area contributed by atoms with E-state index in [1.54, 1.807) is 21.2 Å². The predicted molar refractivity (Wildman–Crippen MR) is 139 cm³/mol. The van der Waals surface area contributed by atoms with Crippen LogP contribution in [-0.2, 0) is 11.2 Å². The van der Waals surface area contributed by atoms with E-state index in [1.165, 1.54) is 15.4 Å². The van der Waals surface area contributed by atoms with E-state index in [1.807, 2.05) is 30.3 Å². The molecule has 0 aliphatic carbocycles. The second-order valence-electron chi connectivity index (χ2n) is 9.37. The van der Waals surface area contributed by atoms with E-state index in [0.717, 1.165) is 56.4 Å². The number of fused-ring (bicyclic) bond motifs is 1. The summed E-state index contributed by atoms with van der Waals surface area (Å²) in [6.45, 7) is 3.92. The molecule has 9 heteroatoms. The lowest BCUT2D eigenvalue weighted by Crippen LogP contribution is -2.63. The molecule has 0 radical (unpaired) electrons. The highest BCUT2D eigenvalue weighted by atomic mass is 16.5. The maximum absolute atomic E-state index is 13.2. The van der Waals surface area contributed by atoms with Crippen molar-refractivity contribution in [2.24, 2.45) is 4.99 Å². The number of piperazine rings is 1. The zero-order valence-corrected chi connectivity index (χ0v) is 21.1. The Hall–Kier alpha value is -3.88. The number of guanidine groups is 1. The number of amidine groups is 1. The van der Waals surface area contributed by atoms with Gasteiger partial charge in [-0.2, -0.15) is 0 Å². The van der Waals surface area contributed by atoms with Gasteiger partial charge in [0, 0.05) is 32.9 Å². The van der Waals surface area contributed by atoms with Crippen LogP contribution in [0, 0.1) is 0 Å². The van der Waals surface area contributed by atoms with Crippen LogP contribution in [0.2, 0.25) is 0 Å². The topological polar surface area (TPSA) is 71.7 Å². The van der Waals surface area contributed by atoms with Crippen LogP contribution < -0.4 is 9.64 Å². The van der Waals surface area contributed by atoms with Crippen molar-refractivity contribution in [1.82, 2.24) is 14.7 Å². The lowest BCUT2D eigenvalue weighted by atomic mass is 10.1.